The number of nitrogens with zero attached hydrogens (tertiary/aromatic N) is 2. The quantitative estimate of drug-likeness (QED) is 0.643. The van der Waals surface area contributed by atoms with Crippen LogP contribution >= 0.6 is 0 Å². The lowest BCUT2D eigenvalue weighted by Crippen LogP contribution is -2.27. The van der Waals surface area contributed by atoms with E-state index in [1.807, 2.05) is 0 Å². The number of hydrogen-bond donors (Lipinski definition) is 2. The molecule has 0 spiro atoms. The fraction of sp³-hybridized carbons (Fsp3) is 0.786. The molecular weight excluding hydrogens is 288 g/mol. The van der Waals surface area contributed by atoms with Crippen molar-refractivity contribution in [2.75, 3.05) is 13.1 Å². The van der Waals surface area contributed by atoms with Crippen molar-refractivity contribution in [1.82, 2.24) is 19.8 Å². The zero-order valence-electron chi connectivity index (χ0n) is 13.5. The van der Waals surface area contributed by atoms with Crippen LogP contribution in [0.25, 0.3) is 0 Å². The highest BCUT2D eigenvalue weighted by molar-refractivity contribution is 7.89. The monoisotopic (exact) mass is 316 g/mol. The summed E-state index contributed by atoms with van der Waals surface area (Å²) in [6.45, 7) is 10.3. The molecule has 0 atom stereocenters. The lowest BCUT2D eigenvalue weighted by molar-refractivity contribution is 0.514. The lowest BCUT2D eigenvalue weighted by atomic mass is 10.1. The minimum atomic E-state index is -3.43. The second kappa shape index (κ2) is 8.51. The maximum Gasteiger partial charge on any atom is 0.243 e. The minimum Gasteiger partial charge on any atom is -0.313 e. The lowest BCUT2D eigenvalue weighted by Gasteiger charge is -2.07. The van der Waals surface area contributed by atoms with Crippen LogP contribution in [-0.4, -0.2) is 37.3 Å². The molecule has 0 unspecified atom stereocenters. The maximum atomic E-state index is 12.1. The van der Waals surface area contributed by atoms with Gasteiger partial charge in [-0.05, 0) is 18.8 Å². The van der Waals surface area contributed by atoms with Gasteiger partial charge in [-0.1, -0.05) is 27.7 Å². The maximum absolute atomic E-state index is 12.1. The Morgan fingerprint density at radius 2 is 1.95 bits per heavy atom. The van der Waals surface area contributed by atoms with Gasteiger partial charge >= 0.3 is 0 Å². The number of rotatable bonds is 10. The molecule has 0 bridgehead atoms. The highest BCUT2D eigenvalue weighted by atomic mass is 32.2. The standard InChI is InChI=1S/C14H28N4O2S/c1-12(2)6-5-7-17-21(19,20)14-10-16-18(11-14)9-8-15-13(3)4/h10-13,15,17H,5-9H2,1-4H3. The highest BCUT2D eigenvalue weighted by Crippen LogP contribution is 2.08. The first-order valence-electron chi connectivity index (χ1n) is 7.56. The van der Waals surface area contributed by atoms with Gasteiger partial charge in [0.05, 0.1) is 12.7 Å². The van der Waals surface area contributed by atoms with E-state index in [1.165, 1.54) is 6.20 Å². The van der Waals surface area contributed by atoms with Crippen LogP contribution in [-0.2, 0) is 16.6 Å². The van der Waals surface area contributed by atoms with Gasteiger partial charge in [-0.15, -0.1) is 0 Å². The van der Waals surface area contributed by atoms with Gasteiger partial charge in [0.1, 0.15) is 4.90 Å². The van der Waals surface area contributed by atoms with E-state index in [1.54, 1.807) is 10.9 Å². The molecule has 7 heteroatoms. The summed E-state index contributed by atoms with van der Waals surface area (Å²) in [6, 6.07) is 0.409. The third-order valence-corrected chi connectivity index (χ3v) is 4.48. The van der Waals surface area contributed by atoms with Crippen LogP contribution in [0.15, 0.2) is 17.3 Å². The number of sulfonamides is 1. The molecule has 122 valence electrons. The Bertz CT molecular complexity index is 509. The Balaban J connectivity index is 2.46. The second-order valence-electron chi connectivity index (χ2n) is 5.98. The molecule has 0 aliphatic carbocycles. The molecule has 2 N–H and O–H groups in total. The Labute approximate surface area is 128 Å². The molecule has 0 aromatic carbocycles. The van der Waals surface area contributed by atoms with Crippen LogP contribution in [0.4, 0.5) is 0 Å². The fourth-order valence-corrected chi connectivity index (χ4v) is 2.90. The molecule has 1 aromatic rings. The summed E-state index contributed by atoms with van der Waals surface area (Å²) in [5.74, 6) is 0.589. The van der Waals surface area contributed by atoms with Gasteiger partial charge in [-0.2, -0.15) is 5.10 Å². The average Bonchev–Trinajstić information content (AvgIpc) is 2.83. The Kier molecular flexibility index (Phi) is 7.34. The molecule has 1 rings (SSSR count). The molecule has 1 aromatic heterocycles. The predicted octanol–water partition coefficient (Wildman–Crippen LogP) is 1.60. The van der Waals surface area contributed by atoms with E-state index in [4.69, 9.17) is 0 Å². The summed E-state index contributed by atoms with van der Waals surface area (Å²) < 4.78 is 28.5. The van der Waals surface area contributed by atoms with E-state index in [0.29, 0.717) is 25.0 Å². The van der Waals surface area contributed by atoms with Crippen LogP contribution in [0.2, 0.25) is 0 Å². The average molecular weight is 316 g/mol. The largest absolute Gasteiger partial charge is 0.313 e. The smallest absolute Gasteiger partial charge is 0.243 e. The van der Waals surface area contributed by atoms with E-state index < -0.39 is 10.0 Å². The van der Waals surface area contributed by atoms with Crippen molar-refractivity contribution >= 4 is 10.0 Å². The molecular formula is C14H28N4O2S. The van der Waals surface area contributed by atoms with Gasteiger partial charge in [0.2, 0.25) is 10.0 Å². The van der Waals surface area contributed by atoms with Gasteiger partial charge in [0, 0.05) is 25.3 Å². The van der Waals surface area contributed by atoms with Crippen molar-refractivity contribution in [3.63, 3.8) is 0 Å². The van der Waals surface area contributed by atoms with E-state index in [-0.39, 0.29) is 4.90 Å². The molecule has 0 aliphatic rings. The Hall–Kier alpha value is -0.920. The molecule has 0 saturated carbocycles. The minimum absolute atomic E-state index is 0.233. The fourth-order valence-electron chi connectivity index (χ4n) is 1.87. The zero-order chi connectivity index (χ0) is 15.9. The van der Waals surface area contributed by atoms with Crippen molar-refractivity contribution in [3.8, 4) is 0 Å². The van der Waals surface area contributed by atoms with E-state index >= 15 is 0 Å². The zero-order valence-corrected chi connectivity index (χ0v) is 14.3. The summed E-state index contributed by atoms with van der Waals surface area (Å²) in [6.07, 6.45) is 4.85. The number of nitrogens with one attached hydrogen (secondary N) is 2. The molecule has 0 radical (unpaired) electrons. The SMILES string of the molecule is CC(C)CCCNS(=O)(=O)c1cnn(CCNC(C)C)c1. The van der Waals surface area contributed by atoms with Crippen molar-refractivity contribution in [2.45, 2.75) is 58.0 Å². The third kappa shape index (κ3) is 7.06. The normalized spacial score (nSPS) is 12.5. The summed E-state index contributed by atoms with van der Waals surface area (Å²) in [5.41, 5.74) is 0. The third-order valence-electron chi connectivity index (χ3n) is 3.06. The number of hydrogen-bond acceptors (Lipinski definition) is 4. The summed E-state index contributed by atoms with van der Waals surface area (Å²) in [5, 5.41) is 7.36. The van der Waals surface area contributed by atoms with Crippen LogP contribution in [0.5, 0.6) is 0 Å². The summed E-state index contributed by atoms with van der Waals surface area (Å²) >= 11 is 0. The van der Waals surface area contributed by atoms with Gasteiger partial charge in [0.15, 0.2) is 0 Å². The van der Waals surface area contributed by atoms with Crippen LogP contribution < -0.4 is 10.0 Å². The predicted molar refractivity (Wildman–Crippen MR) is 84.6 cm³/mol. The first-order valence-corrected chi connectivity index (χ1v) is 9.05. The Morgan fingerprint density at radius 1 is 1.24 bits per heavy atom. The van der Waals surface area contributed by atoms with Gasteiger partial charge in [0.25, 0.3) is 0 Å². The van der Waals surface area contributed by atoms with Gasteiger partial charge < -0.3 is 5.32 Å². The van der Waals surface area contributed by atoms with Gasteiger partial charge in [-0.25, -0.2) is 13.1 Å². The molecule has 0 saturated heterocycles. The number of aromatic nitrogens is 2. The van der Waals surface area contributed by atoms with Crippen molar-refractivity contribution < 1.29 is 8.42 Å². The first kappa shape index (κ1) is 18.1. The van der Waals surface area contributed by atoms with E-state index in [9.17, 15) is 8.42 Å². The van der Waals surface area contributed by atoms with Crippen molar-refractivity contribution in [3.05, 3.63) is 12.4 Å². The van der Waals surface area contributed by atoms with Crippen LogP contribution in [0, 0.1) is 5.92 Å². The second-order valence-corrected chi connectivity index (χ2v) is 7.75. The van der Waals surface area contributed by atoms with Crippen molar-refractivity contribution in [2.24, 2.45) is 5.92 Å². The van der Waals surface area contributed by atoms with Crippen LogP contribution in [0.3, 0.4) is 0 Å². The molecule has 0 amide bonds. The summed E-state index contributed by atoms with van der Waals surface area (Å²) in [4.78, 5) is 0.233. The van der Waals surface area contributed by atoms with Crippen molar-refractivity contribution in [1.29, 1.82) is 0 Å². The van der Waals surface area contributed by atoms with E-state index in [0.717, 1.165) is 19.4 Å². The van der Waals surface area contributed by atoms with Gasteiger partial charge in [-0.3, -0.25) is 4.68 Å². The first-order chi connectivity index (χ1) is 9.81. The highest BCUT2D eigenvalue weighted by Gasteiger charge is 2.15. The molecule has 0 aliphatic heterocycles. The molecule has 6 nitrogen and oxygen atoms in total. The molecule has 21 heavy (non-hydrogen) atoms. The van der Waals surface area contributed by atoms with E-state index in [2.05, 4.69) is 42.8 Å². The topological polar surface area (TPSA) is 76.0 Å². The van der Waals surface area contributed by atoms with Crippen LogP contribution in [0.1, 0.15) is 40.5 Å². The summed E-state index contributed by atoms with van der Waals surface area (Å²) in [7, 11) is -3.43. The molecule has 1 heterocycles. The Morgan fingerprint density at radius 3 is 2.57 bits per heavy atom. The molecule has 0 fully saturated rings.